The molecule has 1 aromatic carbocycles. The van der Waals surface area contributed by atoms with E-state index in [1.54, 1.807) is 25.3 Å². The summed E-state index contributed by atoms with van der Waals surface area (Å²) in [5, 5.41) is 0. The molecule has 5 heteroatoms. The Kier molecular flexibility index (Phi) is 3.39. The molecule has 0 unspecified atom stereocenters. The van der Waals surface area contributed by atoms with Crippen LogP contribution in [0.15, 0.2) is 42.6 Å². The van der Waals surface area contributed by atoms with Crippen LogP contribution in [0.3, 0.4) is 0 Å². The van der Waals surface area contributed by atoms with Crippen LogP contribution in [0.2, 0.25) is 0 Å². The lowest BCUT2D eigenvalue weighted by Gasteiger charge is -2.04. The molecule has 0 N–H and O–H groups in total. The van der Waals surface area contributed by atoms with Crippen LogP contribution in [-0.4, -0.2) is 27.1 Å². The van der Waals surface area contributed by atoms with E-state index < -0.39 is 0 Å². The molecule has 0 aliphatic carbocycles. The van der Waals surface area contributed by atoms with Crippen molar-refractivity contribution < 1.29 is 9.53 Å². The second-order valence-electron chi connectivity index (χ2n) is 4.64. The van der Waals surface area contributed by atoms with E-state index in [1.807, 2.05) is 35.9 Å². The van der Waals surface area contributed by atoms with Crippen molar-refractivity contribution in [3.63, 3.8) is 0 Å². The SMILES string of the molecule is CCOC(=O)c1ccc(-c2nc3cccnc3n2C)cc1. The molecule has 0 bridgehead atoms. The molecule has 5 nitrogen and oxygen atoms in total. The van der Waals surface area contributed by atoms with E-state index in [-0.39, 0.29) is 5.97 Å². The van der Waals surface area contributed by atoms with E-state index in [0.717, 1.165) is 22.6 Å². The number of esters is 1. The Morgan fingerprint density at radius 2 is 2.00 bits per heavy atom. The molecule has 0 aliphatic heterocycles. The lowest BCUT2D eigenvalue weighted by molar-refractivity contribution is 0.0526. The lowest BCUT2D eigenvalue weighted by Crippen LogP contribution is -2.04. The number of aromatic nitrogens is 3. The molecule has 0 amide bonds. The lowest BCUT2D eigenvalue weighted by atomic mass is 10.1. The zero-order valence-electron chi connectivity index (χ0n) is 11.9. The van der Waals surface area contributed by atoms with Crippen molar-refractivity contribution >= 4 is 17.1 Å². The van der Waals surface area contributed by atoms with Crippen molar-refractivity contribution in [3.8, 4) is 11.4 Å². The maximum absolute atomic E-state index is 11.6. The van der Waals surface area contributed by atoms with E-state index in [1.165, 1.54) is 0 Å². The summed E-state index contributed by atoms with van der Waals surface area (Å²) in [5.74, 6) is 0.509. The molecule has 0 fully saturated rings. The number of rotatable bonds is 3. The highest BCUT2D eigenvalue weighted by molar-refractivity contribution is 5.90. The smallest absolute Gasteiger partial charge is 0.338 e. The number of carbonyl (C=O) groups is 1. The first kappa shape index (κ1) is 13.3. The normalized spacial score (nSPS) is 10.8. The van der Waals surface area contributed by atoms with E-state index >= 15 is 0 Å². The minimum absolute atomic E-state index is 0.310. The van der Waals surface area contributed by atoms with Crippen LogP contribution >= 0.6 is 0 Å². The van der Waals surface area contributed by atoms with Crippen LogP contribution in [-0.2, 0) is 11.8 Å². The number of hydrogen-bond donors (Lipinski definition) is 0. The zero-order valence-corrected chi connectivity index (χ0v) is 11.9. The molecular formula is C16H15N3O2. The van der Waals surface area contributed by atoms with Crippen LogP contribution in [0, 0.1) is 0 Å². The topological polar surface area (TPSA) is 57.0 Å². The number of nitrogens with zero attached hydrogens (tertiary/aromatic N) is 3. The van der Waals surface area contributed by atoms with E-state index in [2.05, 4.69) is 9.97 Å². The summed E-state index contributed by atoms with van der Waals surface area (Å²) < 4.78 is 6.91. The van der Waals surface area contributed by atoms with Crippen molar-refractivity contribution in [1.29, 1.82) is 0 Å². The van der Waals surface area contributed by atoms with Gasteiger partial charge in [0, 0.05) is 18.8 Å². The van der Waals surface area contributed by atoms with Crippen molar-refractivity contribution in [2.24, 2.45) is 7.05 Å². The minimum atomic E-state index is -0.310. The zero-order chi connectivity index (χ0) is 14.8. The molecule has 2 aromatic heterocycles. The van der Waals surface area contributed by atoms with Crippen LogP contribution in [0.5, 0.6) is 0 Å². The molecule has 0 atom stereocenters. The molecular weight excluding hydrogens is 266 g/mol. The van der Waals surface area contributed by atoms with Gasteiger partial charge in [-0.05, 0) is 31.2 Å². The minimum Gasteiger partial charge on any atom is -0.462 e. The van der Waals surface area contributed by atoms with Gasteiger partial charge in [0.1, 0.15) is 11.3 Å². The Labute approximate surface area is 122 Å². The monoisotopic (exact) mass is 281 g/mol. The average Bonchev–Trinajstić information content (AvgIpc) is 2.85. The second-order valence-corrected chi connectivity index (χ2v) is 4.64. The molecule has 3 aromatic rings. The second kappa shape index (κ2) is 5.36. The number of carbonyl (C=O) groups excluding carboxylic acids is 1. The van der Waals surface area contributed by atoms with Crippen LogP contribution in [0.25, 0.3) is 22.6 Å². The van der Waals surface area contributed by atoms with Crippen molar-refractivity contribution in [2.45, 2.75) is 6.92 Å². The van der Waals surface area contributed by atoms with Gasteiger partial charge in [0.2, 0.25) is 0 Å². The van der Waals surface area contributed by atoms with E-state index in [9.17, 15) is 4.79 Å². The van der Waals surface area contributed by atoms with Gasteiger partial charge in [0.15, 0.2) is 5.65 Å². The number of fused-ring (bicyclic) bond motifs is 1. The highest BCUT2D eigenvalue weighted by atomic mass is 16.5. The Morgan fingerprint density at radius 1 is 1.24 bits per heavy atom. The van der Waals surface area contributed by atoms with Gasteiger partial charge in [-0.25, -0.2) is 14.8 Å². The average molecular weight is 281 g/mol. The predicted octanol–water partition coefficient (Wildman–Crippen LogP) is 2.81. The van der Waals surface area contributed by atoms with Gasteiger partial charge < -0.3 is 9.30 Å². The Hall–Kier alpha value is -2.69. The quantitative estimate of drug-likeness (QED) is 0.693. The summed E-state index contributed by atoms with van der Waals surface area (Å²) >= 11 is 0. The van der Waals surface area contributed by atoms with E-state index in [0.29, 0.717) is 12.2 Å². The maximum atomic E-state index is 11.6. The number of hydrogen-bond acceptors (Lipinski definition) is 4. The Morgan fingerprint density at radius 3 is 2.67 bits per heavy atom. The van der Waals surface area contributed by atoms with Gasteiger partial charge >= 0.3 is 5.97 Å². The first-order valence-electron chi connectivity index (χ1n) is 6.75. The summed E-state index contributed by atoms with van der Waals surface area (Å²) in [5.41, 5.74) is 3.16. The number of aryl methyl sites for hydroxylation is 1. The molecule has 0 saturated heterocycles. The van der Waals surface area contributed by atoms with Crippen LogP contribution < -0.4 is 0 Å². The molecule has 0 aliphatic rings. The first-order valence-corrected chi connectivity index (χ1v) is 6.75. The number of pyridine rings is 1. The molecule has 21 heavy (non-hydrogen) atoms. The van der Waals surface area contributed by atoms with Crippen LogP contribution in [0.1, 0.15) is 17.3 Å². The molecule has 3 rings (SSSR count). The van der Waals surface area contributed by atoms with Gasteiger partial charge in [-0.3, -0.25) is 0 Å². The van der Waals surface area contributed by atoms with Crippen molar-refractivity contribution in [1.82, 2.24) is 14.5 Å². The summed E-state index contributed by atoms with van der Waals surface area (Å²) in [7, 11) is 1.93. The fourth-order valence-electron chi connectivity index (χ4n) is 2.25. The first-order chi connectivity index (χ1) is 10.2. The number of benzene rings is 1. The van der Waals surface area contributed by atoms with Crippen molar-refractivity contribution in [3.05, 3.63) is 48.2 Å². The standard InChI is InChI=1S/C16H15N3O2/c1-3-21-16(20)12-8-6-11(7-9-12)14-18-13-5-4-10-17-15(13)19(14)2/h4-10H,3H2,1-2H3. The highest BCUT2D eigenvalue weighted by Gasteiger charge is 2.11. The van der Waals surface area contributed by atoms with Crippen LogP contribution in [0.4, 0.5) is 0 Å². The van der Waals surface area contributed by atoms with Gasteiger partial charge in [-0.15, -0.1) is 0 Å². The number of imidazole rings is 1. The largest absolute Gasteiger partial charge is 0.462 e. The summed E-state index contributed by atoms with van der Waals surface area (Å²) in [6.07, 6.45) is 1.75. The summed E-state index contributed by atoms with van der Waals surface area (Å²) in [6.45, 7) is 2.16. The fraction of sp³-hybridized carbons (Fsp3) is 0.188. The third-order valence-electron chi connectivity index (χ3n) is 3.28. The third-order valence-corrected chi connectivity index (χ3v) is 3.28. The van der Waals surface area contributed by atoms with Gasteiger partial charge in [-0.1, -0.05) is 12.1 Å². The third kappa shape index (κ3) is 2.38. The molecule has 0 radical (unpaired) electrons. The highest BCUT2D eigenvalue weighted by Crippen LogP contribution is 2.22. The Balaban J connectivity index is 1.99. The van der Waals surface area contributed by atoms with Gasteiger partial charge in [0.05, 0.1) is 12.2 Å². The molecule has 106 valence electrons. The molecule has 2 heterocycles. The molecule has 0 spiro atoms. The maximum Gasteiger partial charge on any atom is 0.338 e. The van der Waals surface area contributed by atoms with Gasteiger partial charge in [0.25, 0.3) is 0 Å². The van der Waals surface area contributed by atoms with E-state index in [4.69, 9.17) is 4.74 Å². The molecule has 0 saturated carbocycles. The fourth-order valence-corrected chi connectivity index (χ4v) is 2.25. The summed E-state index contributed by atoms with van der Waals surface area (Å²) in [6, 6.07) is 11.0. The predicted molar refractivity (Wildman–Crippen MR) is 79.9 cm³/mol. The summed E-state index contributed by atoms with van der Waals surface area (Å²) in [4.78, 5) is 20.5. The Bertz CT molecular complexity index is 791. The van der Waals surface area contributed by atoms with Gasteiger partial charge in [-0.2, -0.15) is 0 Å². The number of ether oxygens (including phenoxy) is 1. The van der Waals surface area contributed by atoms with Crippen molar-refractivity contribution in [2.75, 3.05) is 6.61 Å².